The van der Waals surface area contributed by atoms with Crippen LogP contribution < -0.4 is 4.74 Å². The molecule has 1 heteroatoms. The maximum absolute atomic E-state index is 5.67. The molecule has 68 valence electrons. The number of benzene rings is 2. The molecule has 0 N–H and O–H groups in total. The van der Waals surface area contributed by atoms with Gasteiger partial charge < -0.3 is 4.74 Å². The molecule has 0 spiro atoms. The molecule has 0 aliphatic carbocycles. The molecule has 3 rings (SSSR count). The zero-order valence-electron chi connectivity index (χ0n) is 7.68. The molecule has 1 heterocycles. The molecule has 0 bridgehead atoms. The monoisotopic (exact) mass is 182 g/mol. The molecular weight excluding hydrogens is 172 g/mol. The van der Waals surface area contributed by atoms with Crippen LogP contribution in [0.2, 0.25) is 0 Å². The second-order valence-electron chi connectivity index (χ2n) is 3.45. The number of ether oxygens (including phenoxy) is 1. The van der Waals surface area contributed by atoms with Gasteiger partial charge in [-0.05, 0) is 11.6 Å². The molecule has 1 aliphatic rings. The van der Waals surface area contributed by atoms with E-state index in [1.807, 2.05) is 30.3 Å². The summed E-state index contributed by atoms with van der Waals surface area (Å²) in [6, 6.07) is 18.5. The highest BCUT2D eigenvalue weighted by Gasteiger charge is 2.28. The van der Waals surface area contributed by atoms with E-state index in [-0.39, 0.29) is 6.10 Å². The van der Waals surface area contributed by atoms with Gasteiger partial charge in [0, 0.05) is 5.56 Å². The first-order chi connectivity index (χ1) is 6.95. The Morgan fingerprint density at radius 3 is 2.29 bits per heavy atom. The molecule has 14 heavy (non-hydrogen) atoms. The lowest BCUT2D eigenvalue weighted by molar-refractivity contribution is 0.185. The van der Waals surface area contributed by atoms with Crippen LogP contribution in [-0.2, 0) is 0 Å². The molecule has 1 unspecified atom stereocenters. The van der Waals surface area contributed by atoms with E-state index >= 15 is 0 Å². The first-order valence-electron chi connectivity index (χ1n) is 4.76. The first kappa shape index (κ1) is 7.63. The minimum Gasteiger partial charge on any atom is -0.480 e. The Kier molecular flexibility index (Phi) is 1.57. The molecule has 1 aliphatic heterocycles. The summed E-state index contributed by atoms with van der Waals surface area (Å²) in [5.41, 5.74) is 2.52. The minimum atomic E-state index is 0.146. The maximum atomic E-state index is 5.67. The quantitative estimate of drug-likeness (QED) is 0.658. The van der Waals surface area contributed by atoms with Crippen LogP contribution in [0.5, 0.6) is 5.75 Å². The third kappa shape index (κ3) is 1.02. The Bertz CT molecular complexity index is 448. The zero-order chi connectivity index (χ0) is 9.38. The van der Waals surface area contributed by atoms with Gasteiger partial charge in [-0.1, -0.05) is 48.5 Å². The van der Waals surface area contributed by atoms with Crippen LogP contribution in [0.3, 0.4) is 0 Å². The van der Waals surface area contributed by atoms with Crippen molar-refractivity contribution in [2.75, 3.05) is 0 Å². The molecule has 1 nitrogen and oxygen atoms in total. The van der Waals surface area contributed by atoms with Crippen molar-refractivity contribution in [2.24, 2.45) is 0 Å². The Balaban J connectivity index is 2.00. The lowest BCUT2D eigenvalue weighted by atomic mass is 9.96. The van der Waals surface area contributed by atoms with Crippen LogP contribution in [0.15, 0.2) is 54.6 Å². The maximum Gasteiger partial charge on any atom is 0.152 e. The van der Waals surface area contributed by atoms with E-state index in [2.05, 4.69) is 24.3 Å². The predicted octanol–water partition coefficient (Wildman–Crippen LogP) is 3.17. The van der Waals surface area contributed by atoms with Crippen LogP contribution in [-0.4, -0.2) is 0 Å². The fourth-order valence-corrected chi connectivity index (χ4v) is 1.81. The Morgan fingerprint density at radius 1 is 0.786 bits per heavy atom. The van der Waals surface area contributed by atoms with Gasteiger partial charge in [0.05, 0.1) is 0 Å². The van der Waals surface area contributed by atoms with Crippen LogP contribution in [0, 0.1) is 0 Å². The molecule has 0 aromatic heterocycles. The van der Waals surface area contributed by atoms with Crippen LogP contribution in [0.25, 0.3) is 0 Å². The van der Waals surface area contributed by atoms with E-state index in [1.165, 1.54) is 11.1 Å². The third-order valence-electron chi connectivity index (χ3n) is 2.55. The van der Waals surface area contributed by atoms with Gasteiger partial charge >= 0.3 is 0 Å². The van der Waals surface area contributed by atoms with Gasteiger partial charge in [0.15, 0.2) is 6.10 Å². The average molecular weight is 182 g/mol. The fourth-order valence-electron chi connectivity index (χ4n) is 1.81. The second-order valence-corrected chi connectivity index (χ2v) is 3.45. The normalized spacial score (nSPS) is 17.9. The number of para-hydroxylation sites is 1. The van der Waals surface area contributed by atoms with Gasteiger partial charge in [0.25, 0.3) is 0 Å². The van der Waals surface area contributed by atoms with Gasteiger partial charge in [-0.25, -0.2) is 0 Å². The van der Waals surface area contributed by atoms with E-state index in [9.17, 15) is 0 Å². The Hall–Kier alpha value is -1.76. The molecule has 0 saturated heterocycles. The van der Waals surface area contributed by atoms with E-state index in [4.69, 9.17) is 4.74 Å². The highest BCUT2D eigenvalue weighted by molar-refractivity contribution is 5.47. The summed E-state index contributed by atoms with van der Waals surface area (Å²) in [6.45, 7) is 0. The van der Waals surface area contributed by atoms with Gasteiger partial charge in [-0.2, -0.15) is 0 Å². The summed E-state index contributed by atoms with van der Waals surface area (Å²) in [5.74, 6) is 1.02. The van der Waals surface area contributed by atoms with Gasteiger partial charge in [-0.15, -0.1) is 0 Å². The van der Waals surface area contributed by atoms with Crippen molar-refractivity contribution in [2.45, 2.75) is 6.10 Å². The second kappa shape index (κ2) is 2.88. The van der Waals surface area contributed by atoms with E-state index in [0.29, 0.717) is 0 Å². The Labute approximate surface area is 83.0 Å². The summed E-state index contributed by atoms with van der Waals surface area (Å²) < 4.78 is 5.67. The van der Waals surface area contributed by atoms with Crippen molar-refractivity contribution in [3.8, 4) is 5.75 Å². The highest BCUT2D eigenvalue weighted by Crippen LogP contribution is 2.42. The summed E-state index contributed by atoms with van der Waals surface area (Å²) >= 11 is 0. The summed E-state index contributed by atoms with van der Waals surface area (Å²) in [6.07, 6.45) is 0.146. The van der Waals surface area contributed by atoms with Crippen molar-refractivity contribution in [1.82, 2.24) is 0 Å². The molecule has 2 aromatic rings. The average Bonchev–Trinajstić information content (AvgIpc) is 2.22. The van der Waals surface area contributed by atoms with Crippen LogP contribution in [0.1, 0.15) is 17.2 Å². The van der Waals surface area contributed by atoms with Crippen molar-refractivity contribution >= 4 is 0 Å². The fraction of sp³-hybridized carbons (Fsp3) is 0.0769. The smallest absolute Gasteiger partial charge is 0.152 e. The van der Waals surface area contributed by atoms with Crippen molar-refractivity contribution in [3.05, 3.63) is 65.7 Å². The third-order valence-corrected chi connectivity index (χ3v) is 2.55. The molecule has 0 saturated carbocycles. The standard InChI is InChI=1S/C13H10O/c1-2-6-10(7-3-1)13-11-8-4-5-9-12(11)14-13/h1-9,13H. The zero-order valence-corrected chi connectivity index (χ0v) is 7.68. The molecule has 0 fully saturated rings. The molecule has 0 radical (unpaired) electrons. The van der Waals surface area contributed by atoms with Gasteiger partial charge in [-0.3, -0.25) is 0 Å². The number of rotatable bonds is 1. The lowest BCUT2D eigenvalue weighted by Crippen LogP contribution is -2.19. The van der Waals surface area contributed by atoms with E-state index in [1.54, 1.807) is 0 Å². The predicted molar refractivity (Wildman–Crippen MR) is 55.4 cm³/mol. The first-order valence-corrected chi connectivity index (χ1v) is 4.76. The minimum absolute atomic E-state index is 0.146. The SMILES string of the molecule is c1ccc(C2Oc3ccccc32)cc1. The summed E-state index contributed by atoms with van der Waals surface area (Å²) in [7, 11) is 0. The highest BCUT2D eigenvalue weighted by atomic mass is 16.5. The van der Waals surface area contributed by atoms with Crippen molar-refractivity contribution in [1.29, 1.82) is 0 Å². The molecular formula is C13H10O. The van der Waals surface area contributed by atoms with E-state index < -0.39 is 0 Å². The number of fused-ring (bicyclic) bond motifs is 1. The summed E-state index contributed by atoms with van der Waals surface area (Å²) in [4.78, 5) is 0. The summed E-state index contributed by atoms with van der Waals surface area (Å²) in [5, 5.41) is 0. The lowest BCUT2D eigenvalue weighted by Gasteiger charge is -2.31. The van der Waals surface area contributed by atoms with Crippen molar-refractivity contribution < 1.29 is 4.74 Å². The van der Waals surface area contributed by atoms with Gasteiger partial charge in [0.2, 0.25) is 0 Å². The molecule has 1 atom stereocenters. The van der Waals surface area contributed by atoms with Crippen LogP contribution >= 0.6 is 0 Å². The van der Waals surface area contributed by atoms with Crippen LogP contribution in [0.4, 0.5) is 0 Å². The number of hydrogen-bond acceptors (Lipinski definition) is 1. The number of hydrogen-bond donors (Lipinski definition) is 0. The molecule has 0 amide bonds. The van der Waals surface area contributed by atoms with Crippen molar-refractivity contribution in [3.63, 3.8) is 0 Å². The van der Waals surface area contributed by atoms with E-state index in [0.717, 1.165) is 5.75 Å². The Morgan fingerprint density at radius 2 is 1.50 bits per heavy atom. The molecule has 2 aromatic carbocycles. The topological polar surface area (TPSA) is 9.23 Å². The van der Waals surface area contributed by atoms with Gasteiger partial charge in [0.1, 0.15) is 5.75 Å². The largest absolute Gasteiger partial charge is 0.480 e.